The van der Waals surface area contributed by atoms with E-state index in [4.69, 9.17) is 9.47 Å². The van der Waals surface area contributed by atoms with Crippen molar-refractivity contribution in [2.45, 2.75) is 31.2 Å². The van der Waals surface area contributed by atoms with Crippen LogP contribution in [-0.4, -0.2) is 35.6 Å². The molecule has 3 aromatic rings. The summed E-state index contributed by atoms with van der Waals surface area (Å²) in [5, 5.41) is 2.95. The zero-order valence-electron chi connectivity index (χ0n) is 18.5. The van der Waals surface area contributed by atoms with Crippen molar-refractivity contribution in [3.63, 3.8) is 0 Å². The minimum Gasteiger partial charge on any atom is -0.454 e. The summed E-state index contributed by atoms with van der Waals surface area (Å²) in [7, 11) is 0. The number of benzene rings is 3. The van der Waals surface area contributed by atoms with Crippen LogP contribution in [0.25, 0.3) is 0 Å². The molecule has 1 fully saturated rings. The summed E-state index contributed by atoms with van der Waals surface area (Å²) in [5.41, 5.74) is 1.91. The van der Waals surface area contributed by atoms with Crippen LogP contribution in [0, 0.1) is 0 Å². The normalized spacial score (nSPS) is 18.7. The highest BCUT2D eigenvalue weighted by molar-refractivity contribution is 6.01. The van der Waals surface area contributed by atoms with Gasteiger partial charge in [-0.1, -0.05) is 60.7 Å². The number of nitrogens with one attached hydrogen (secondary N) is 1. The van der Waals surface area contributed by atoms with Crippen LogP contribution in [-0.2, 0) is 9.59 Å². The minimum absolute atomic E-state index is 0.0257. The van der Waals surface area contributed by atoms with Crippen molar-refractivity contribution in [1.82, 2.24) is 4.90 Å². The number of hydrogen-bond acceptors (Lipinski definition) is 4. The summed E-state index contributed by atoms with van der Waals surface area (Å²) in [6.45, 7) is 2.58. The molecule has 0 radical (unpaired) electrons. The molecular formula is C27H26N2O4. The van der Waals surface area contributed by atoms with Crippen molar-refractivity contribution in [3.05, 3.63) is 90.0 Å². The fourth-order valence-corrected chi connectivity index (χ4v) is 4.52. The van der Waals surface area contributed by atoms with Gasteiger partial charge in [-0.2, -0.15) is 0 Å². The number of likely N-dealkylation sites (tertiary alicyclic amines) is 1. The van der Waals surface area contributed by atoms with Gasteiger partial charge >= 0.3 is 0 Å². The predicted octanol–water partition coefficient (Wildman–Crippen LogP) is 4.57. The van der Waals surface area contributed by atoms with Crippen LogP contribution in [0.1, 0.15) is 36.8 Å². The maximum atomic E-state index is 13.4. The summed E-state index contributed by atoms with van der Waals surface area (Å²) in [5.74, 6) is 0.974. The number of hydrogen-bond donors (Lipinski definition) is 1. The van der Waals surface area contributed by atoms with Crippen LogP contribution in [0.4, 0.5) is 5.69 Å². The van der Waals surface area contributed by atoms with E-state index in [9.17, 15) is 9.59 Å². The summed E-state index contributed by atoms with van der Waals surface area (Å²) >= 11 is 0. The van der Waals surface area contributed by atoms with Gasteiger partial charge in [0.15, 0.2) is 11.5 Å². The molecule has 0 aliphatic carbocycles. The predicted molar refractivity (Wildman–Crippen MR) is 125 cm³/mol. The first-order chi connectivity index (χ1) is 16.0. The van der Waals surface area contributed by atoms with E-state index in [1.165, 1.54) is 0 Å². The number of rotatable bonds is 6. The number of carbonyl (C=O) groups excluding carboxylic acids is 2. The summed E-state index contributed by atoms with van der Waals surface area (Å²) in [4.78, 5) is 28.3. The van der Waals surface area contributed by atoms with Crippen LogP contribution in [0.15, 0.2) is 78.9 Å². The first kappa shape index (κ1) is 21.1. The van der Waals surface area contributed by atoms with Crippen LogP contribution in [0.3, 0.4) is 0 Å². The lowest BCUT2D eigenvalue weighted by Crippen LogP contribution is -2.66. The highest BCUT2D eigenvalue weighted by Crippen LogP contribution is 2.37. The Morgan fingerprint density at radius 2 is 1.58 bits per heavy atom. The first-order valence-electron chi connectivity index (χ1n) is 11.2. The summed E-state index contributed by atoms with van der Waals surface area (Å²) < 4.78 is 10.7. The molecule has 1 unspecified atom stereocenters. The molecule has 0 bridgehead atoms. The third-order valence-corrected chi connectivity index (χ3v) is 6.62. The molecule has 3 aromatic carbocycles. The second-order valence-corrected chi connectivity index (χ2v) is 8.67. The average molecular weight is 443 g/mol. The molecule has 2 aliphatic rings. The van der Waals surface area contributed by atoms with Crippen LogP contribution < -0.4 is 14.8 Å². The Bertz CT molecular complexity index is 1130. The molecule has 0 saturated carbocycles. The number of carbonyl (C=O) groups is 2. The molecule has 2 heterocycles. The Labute approximate surface area is 193 Å². The van der Waals surface area contributed by atoms with Crippen LogP contribution in [0.2, 0.25) is 0 Å². The monoisotopic (exact) mass is 442 g/mol. The van der Waals surface area contributed by atoms with Gasteiger partial charge in [0.1, 0.15) is 5.54 Å². The number of anilines is 1. The maximum absolute atomic E-state index is 13.4. The Hall–Kier alpha value is -3.80. The molecule has 6 heteroatoms. The Morgan fingerprint density at radius 3 is 2.18 bits per heavy atom. The highest BCUT2D eigenvalue weighted by Gasteiger charge is 2.49. The number of fused-ring (bicyclic) bond motifs is 1. The molecule has 0 aromatic heterocycles. The van der Waals surface area contributed by atoms with Gasteiger partial charge in [-0.05, 0) is 36.6 Å². The maximum Gasteiger partial charge on any atom is 0.250 e. The third-order valence-electron chi connectivity index (χ3n) is 6.62. The summed E-state index contributed by atoms with van der Waals surface area (Å²) in [6, 6.07) is 25.4. The molecule has 1 saturated heterocycles. The summed E-state index contributed by atoms with van der Waals surface area (Å²) in [6.07, 6.45) is 0.928. The van der Waals surface area contributed by atoms with Gasteiger partial charge in [0.2, 0.25) is 18.6 Å². The van der Waals surface area contributed by atoms with Gasteiger partial charge in [-0.3, -0.25) is 9.59 Å². The molecule has 5 rings (SSSR count). The lowest BCUT2D eigenvalue weighted by Gasteiger charge is -2.49. The smallest absolute Gasteiger partial charge is 0.250 e. The van der Waals surface area contributed by atoms with E-state index in [1.54, 1.807) is 23.1 Å². The van der Waals surface area contributed by atoms with Gasteiger partial charge < -0.3 is 19.7 Å². The fraction of sp³-hybridized carbons (Fsp3) is 0.259. The van der Waals surface area contributed by atoms with Gasteiger partial charge in [0.05, 0.1) is 0 Å². The molecule has 1 atom stereocenters. The largest absolute Gasteiger partial charge is 0.454 e. The molecule has 1 N–H and O–H groups in total. The lowest BCUT2D eigenvalue weighted by molar-refractivity contribution is -0.154. The second kappa shape index (κ2) is 8.62. The SMILES string of the molecule is CC1(C(=O)Nc2ccc3c(c2)OCO3)CCN1C(=O)CC(c1ccccc1)c1ccccc1. The molecule has 2 aliphatic heterocycles. The fourth-order valence-electron chi connectivity index (χ4n) is 4.52. The van der Waals surface area contributed by atoms with E-state index < -0.39 is 5.54 Å². The first-order valence-corrected chi connectivity index (χ1v) is 11.2. The van der Waals surface area contributed by atoms with Gasteiger partial charge in [-0.15, -0.1) is 0 Å². The van der Waals surface area contributed by atoms with Gasteiger partial charge in [-0.25, -0.2) is 0 Å². The number of nitrogens with zero attached hydrogens (tertiary/aromatic N) is 1. The van der Waals surface area contributed by atoms with Crippen molar-refractivity contribution in [3.8, 4) is 11.5 Å². The topological polar surface area (TPSA) is 67.9 Å². The van der Waals surface area contributed by atoms with Crippen molar-refractivity contribution in [2.24, 2.45) is 0 Å². The van der Waals surface area contributed by atoms with Crippen molar-refractivity contribution < 1.29 is 19.1 Å². The molecule has 2 amide bonds. The van der Waals surface area contributed by atoms with E-state index in [1.807, 2.05) is 67.6 Å². The molecule has 6 nitrogen and oxygen atoms in total. The Balaban J connectivity index is 1.32. The molecular weight excluding hydrogens is 416 g/mol. The Morgan fingerprint density at radius 1 is 0.939 bits per heavy atom. The third kappa shape index (κ3) is 4.04. The zero-order chi connectivity index (χ0) is 22.8. The second-order valence-electron chi connectivity index (χ2n) is 8.67. The quantitative estimate of drug-likeness (QED) is 0.607. The van der Waals surface area contributed by atoms with Gasteiger partial charge in [0.25, 0.3) is 0 Å². The van der Waals surface area contributed by atoms with Crippen LogP contribution in [0.5, 0.6) is 11.5 Å². The van der Waals surface area contributed by atoms with Crippen molar-refractivity contribution in [1.29, 1.82) is 0 Å². The van der Waals surface area contributed by atoms with E-state index in [2.05, 4.69) is 5.32 Å². The van der Waals surface area contributed by atoms with Crippen LogP contribution >= 0.6 is 0 Å². The number of amides is 2. The standard InChI is InChI=1S/C27H26N2O4/c1-27(26(31)28-21-12-13-23-24(16-21)33-18-32-23)14-15-29(27)25(30)17-22(19-8-4-2-5-9-19)20-10-6-3-7-11-20/h2-13,16,22H,14-15,17-18H2,1H3,(H,28,31). The average Bonchev–Trinajstić information content (AvgIpc) is 3.30. The van der Waals surface area contributed by atoms with E-state index >= 15 is 0 Å². The van der Waals surface area contributed by atoms with Crippen molar-refractivity contribution in [2.75, 3.05) is 18.7 Å². The van der Waals surface area contributed by atoms with Gasteiger partial charge in [0, 0.05) is 30.6 Å². The lowest BCUT2D eigenvalue weighted by atomic mass is 9.82. The van der Waals surface area contributed by atoms with E-state index in [-0.39, 0.29) is 24.5 Å². The Kier molecular flexibility index (Phi) is 5.50. The minimum atomic E-state index is -0.884. The highest BCUT2D eigenvalue weighted by atomic mass is 16.7. The number of ether oxygens (including phenoxy) is 2. The molecule has 0 spiro atoms. The molecule has 168 valence electrons. The zero-order valence-corrected chi connectivity index (χ0v) is 18.5. The van der Waals surface area contributed by atoms with Crippen molar-refractivity contribution >= 4 is 17.5 Å². The molecule has 33 heavy (non-hydrogen) atoms. The van der Waals surface area contributed by atoms with E-state index in [0.29, 0.717) is 36.6 Å². The van der Waals surface area contributed by atoms with E-state index in [0.717, 1.165) is 11.1 Å².